The van der Waals surface area contributed by atoms with Gasteiger partial charge in [0, 0.05) is 24.1 Å². The van der Waals surface area contributed by atoms with Crippen LogP contribution >= 0.6 is 0 Å². The van der Waals surface area contributed by atoms with Gasteiger partial charge in [0.15, 0.2) is 0 Å². The maximum Gasteiger partial charge on any atom is 0.340 e. The molecule has 4 heteroatoms. The lowest BCUT2D eigenvalue weighted by atomic mass is 10.1. The average molecular weight is 191 g/mol. The number of carboxylic acid groups (broad SMARTS) is 1. The van der Waals surface area contributed by atoms with E-state index in [2.05, 4.69) is 0 Å². The molecule has 1 heterocycles. The molecular formula is C10H9NO3. The molecule has 2 N–H and O–H groups in total. The van der Waals surface area contributed by atoms with E-state index in [9.17, 15) is 9.90 Å². The van der Waals surface area contributed by atoms with Crippen molar-refractivity contribution in [1.82, 2.24) is 4.57 Å². The van der Waals surface area contributed by atoms with Crippen molar-refractivity contribution in [2.75, 3.05) is 0 Å². The highest BCUT2D eigenvalue weighted by molar-refractivity contribution is 6.05. The van der Waals surface area contributed by atoms with E-state index >= 15 is 0 Å². The Labute approximate surface area is 80.0 Å². The summed E-state index contributed by atoms with van der Waals surface area (Å²) in [5, 5.41) is 18.9. The van der Waals surface area contributed by atoms with Crippen molar-refractivity contribution in [2.24, 2.45) is 7.05 Å². The fraction of sp³-hybridized carbons (Fsp3) is 0.100. The number of aryl methyl sites for hydroxylation is 1. The molecule has 1 aromatic carbocycles. The summed E-state index contributed by atoms with van der Waals surface area (Å²) < 4.78 is 1.81. The van der Waals surface area contributed by atoms with Crippen LogP contribution in [-0.2, 0) is 7.05 Å². The monoisotopic (exact) mass is 191 g/mol. The van der Waals surface area contributed by atoms with Gasteiger partial charge in [-0.1, -0.05) is 0 Å². The highest BCUT2D eigenvalue weighted by atomic mass is 16.4. The number of carbonyl (C=O) groups is 1. The molecule has 0 bridgehead atoms. The summed E-state index contributed by atoms with van der Waals surface area (Å²) in [6, 6.07) is 4.77. The number of nitrogens with zero attached hydrogens (tertiary/aromatic N) is 1. The molecule has 0 spiro atoms. The number of hydrogen-bond acceptors (Lipinski definition) is 2. The fourth-order valence-corrected chi connectivity index (χ4v) is 1.56. The van der Waals surface area contributed by atoms with Crippen molar-refractivity contribution < 1.29 is 15.0 Å². The fourth-order valence-electron chi connectivity index (χ4n) is 1.56. The number of benzene rings is 1. The van der Waals surface area contributed by atoms with Gasteiger partial charge in [0.2, 0.25) is 0 Å². The highest BCUT2D eigenvalue weighted by Crippen LogP contribution is 2.27. The van der Waals surface area contributed by atoms with E-state index in [0.29, 0.717) is 5.39 Å². The minimum absolute atomic E-state index is 0.0388. The smallest absolute Gasteiger partial charge is 0.340 e. The van der Waals surface area contributed by atoms with E-state index < -0.39 is 5.97 Å². The SMILES string of the molecule is Cn1ccc2c(C(=O)O)c(O)ccc21. The van der Waals surface area contributed by atoms with Crippen LogP contribution in [0.15, 0.2) is 24.4 Å². The molecule has 0 unspecified atom stereocenters. The quantitative estimate of drug-likeness (QED) is 0.719. The van der Waals surface area contributed by atoms with Crippen LogP contribution in [0.5, 0.6) is 5.75 Å². The molecule has 0 saturated heterocycles. The molecular weight excluding hydrogens is 182 g/mol. The number of fused-ring (bicyclic) bond motifs is 1. The first-order valence-electron chi connectivity index (χ1n) is 4.11. The molecule has 0 saturated carbocycles. The average Bonchev–Trinajstić information content (AvgIpc) is 2.47. The van der Waals surface area contributed by atoms with Crippen molar-refractivity contribution in [2.45, 2.75) is 0 Å². The molecule has 0 atom stereocenters. The summed E-state index contributed by atoms with van der Waals surface area (Å²) in [6.45, 7) is 0. The van der Waals surface area contributed by atoms with Gasteiger partial charge in [-0.3, -0.25) is 0 Å². The summed E-state index contributed by atoms with van der Waals surface area (Å²) in [4.78, 5) is 10.9. The van der Waals surface area contributed by atoms with Crippen molar-refractivity contribution in [1.29, 1.82) is 0 Å². The summed E-state index contributed by atoms with van der Waals surface area (Å²) >= 11 is 0. The predicted molar refractivity (Wildman–Crippen MR) is 51.5 cm³/mol. The first kappa shape index (κ1) is 8.62. The Morgan fingerprint density at radius 3 is 2.71 bits per heavy atom. The van der Waals surface area contributed by atoms with Gasteiger partial charge in [0.05, 0.1) is 0 Å². The van der Waals surface area contributed by atoms with Crippen LogP contribution in [0.1, 0.15) is 10.4 Å². The molecule has 0 fully saturated rings. The number of carboxylic acids is 1. The second-order valence-electron chi connectivity index (χ2n) is 3.12. The molecule has 1 aromatic heterocycles. The first-order chi connectivity index (χ1) is 6.61. The number of aromatic hydroxyl groups is 1. The van der Waals surface area contributed by atoms with Crippen LogP contribution in [0.2, 0.25) is 0 Å². The van der Waals surface area contributed by atoms with Gasteiger partial charge in [-0.05, 0) is 18.2 Å². The number of aromatic carboxylic acids is 1. The Kier molecular flexibility index (Phi) is 1.70. The van der Waals surface area contributed by atoms with Crippen molar-refractivity contribution in [3.8, 4) is 5.75 Å². The van der Waals surface area contributed by atoms with E-state index in [1.807, 2.05) is 7.05 Å². The minimum atomic E-state index is -1.11. The van der Waals surface area contributed by atoms with Crippen molar-refractivity contribution >= 4 is 16.9 Å². The first-order valence-corrected chi connectivity index (χ1v) is 4.11. The van der Waals surface area contributed by atoms with E-state index in [-0.39, 0.29) is 11.3 Å². The molecule has 0 aliphatic rings. The Hall–Kier alpha value is -1.97. The van der Waals surface area contributed by atoms with Crippen LogP contribution < -0.4 is 0 Å². The van der Waals surface area contributed by atoms with Crippen LogP contribution in [0, 0.1) is 0 Å². The van der Waals surface area contributed by atoms with E-state index in [1.165, 1.54) is 6.07 Å². The predicted octanol–water partition coefficient (Wildman–Crippen LogP) is 1.58. The lowest BCUT2D eigenvalue weighted by Gasteiger charge is -2.02. The Morgan fingerprint density at radius 2 is 2.07 bits per heavy atom. The van der Waals surface area contributed by atoms with Gasteiger partial charge in [0.25, 0.3) is 0 Å². The van der Waals surface area contributed by atoms with E-state index in [0.717, 1.165) is 5.52 Å². The molecule has 0 radical (unpaired) electrons. The Bertz CT molecular complexity index is 513. The largest absolute Gasteiger partial charge is 0.507 e. The number of aromatic nitrogens is 1. The third-order valence-corrected chi connectivity index (χ3v) is 2.26. The summed E-state index contributed by atoms with van der Waals surface area (Å²) in [5.74, 6) is -1.31. The van der Waals surface area contributed by atoms with Gasteiger partial charge < -0.3 is 14.8 Å². The molecule has 0 aliphatic carbocycles. The molecule has 14 heavy (non-hydrogen) atoms. The zero-order chi connectivity index (χ0) is 10.3. The zero-order valence-electron chi connectivity index (χ0n) is 7.56. The summed E-state index contributed by atoms with van der Waals surface area (Å²) in [6.07, 6.45) is 1.76. The molecule has 72 valence electrons. The Morgan fingerprint density at radius 1 is 1.36 bits per heavy atom. The van der Waals surface area contributed by atoms with Gasteiger partial charge in [-0.25, -0.2) is 4.79 Å². The van der Waals surface area contributed by atoms with Crippen LogP contribution in [0.25, 0.3) is 10.9 Å². The lowest BCUT2D eigenvalue weighted by Crippen LogP contribution is -1.97. The lowest BCUT2D eigenvalue weighted by molar-refractivity contribution is 0.0696. The van der Waals surface area contributed by atoms with Gasteiger partial charge in [-0.2, -0.15) is 0 Å². The van der Waals surface area contributed by atoms with Gasteiger partial charge >= 0.3 is 5.97 Å². The number of hydrogen-bond donors (Lipinski definition) is 2. The van der Waals surface area contributed by atoms with Crippen LogP contribution in [0.3, 0.4) is 0 Å². The third kappa shape index (κ3) is 1.04. The van der Waals surface area contributed by atoms with Gasteiger partial charge in [-0.15, -0.1) is 0 Å². The maximum atomic E-state index is 10.9. The van der Waals surface area contributed by atoms with Gasteiger partial charge in [0.1, 0.15) is 11.3 Å². The van der Waals surface area contributed by atoms with E-state index in [4.69, 9.17) is 5.11 Å². The zero-order valence-corrected chi connectivity index (χ0v) is 7.56. The second-order valence-corrected chi connectivity index (χ2v) is 3.12. The molecule has 0 amide bonds. The topological polar surface area (TPSA) is 62.5 Å². The Balaban J connectivity index is 2.90. The summed E-state index contributed by atoms with van der Waals surface area (Å²) in [5.41, 5.74) is 0.753. The normalized spacial score (nSPS) is 10.6. The molecule has 2 aromatic rings. The third-order valence-electron chi connectivity index (χ3n) is 2.26. The van der Waals surface area contributed by atoms with Crippen LogP contribution in [0.4, 0.5) is 0 Å². The standard InChI is InChI=1S/C10H9NO3/c1-11-5-4-6-7(11)2-3-8(12)9(6)10(13)14/h2-5,12H,1H3,(H,13,14). The maximum absolute atomic E-state index is 10.9. The number of phenols is 1. The number of rotatable bonds is 1. The van der Waals surface area contributed by atoms with Crippen LogP contribution in [-0.4, -0.2) is 20.7 Å². The molecule has 4 nitrogen and oxygen atoms in total. The molecule has 0 aliphatic heterocycles. The summed E-state index contributed by atoms with van der Waals surface area (Å²) in [7, 11) is 1.82. The second kappa shape index (κ2) is 2.77. The molecule has 2 rings (SSSR count). The van der Waals surface area contributed by atoms with Crippen molar-refractivity contribution in [3.05, 3.63) is 30.0 Å². The highest BCUT2D eigenvalue weighted by Gasteiger charge is 2.14. The van der Waals surface area contributed by atoms with E-state index in [1.54, 1.807) is 22.9 Å². The minimum Gasteiger partial charge on any atom is -0.507 e. The van der Waals surface area contributed by atoms with Crippen molar-refractivity contribution in [3.63, 3.8) is 0 Å².